The molecule has 0 aromatic carbocycles. The summed E-state index contributed by atoms with van der Waals surface area (Å²) in [4.78, 5) is 23.4. The lowest BCUT2D eigenvalue weighted by Crippen LogP contribution is -2.43. The van der Waals surface area contributed by atoms with Crippen molar-refractivity contribution >= 4 is 22.8 Å². The number of rotatable bonds is 8. The topological polar surface area (TPSA) is 86.7 Å². The van der Waals surface area contributed by atoms with E-state index in [-0.39, 0.29) is 18.3 Å². The van der Waals surface area contributed by atoms with E-state index in [1.54, 1.807) is 6.26 Å². The van der Waals surface area contributed by atoms with Crippen LogP contribution in [0.15, 0.2) is 12.7 Å². The molecule has 2 unspecified atom stereocenters. The summed E-state index contributed by atoms with van der Waals surface area (Å²) in [7, 11) is -0.923. The molecule has 0 spiro atoms. The highest BCUT2D eigenvalue weighted by Gasteiger charge is 2.15. The first-order chi connectivity index (χ1) is 8.38. The van der Waals surface area contributed by atoms with Crippen molar-refractivity contribution in [2.75, 3.05) is 25.9 Å². The van der Waals surface area contributed by atoms with Crippen LogP contribution < -0.4 is 5.32 Å². The van der Waals surface area contributed by atoms with Gasteiger partial charge in [0.25, 0.3) is 0 Å². The lowest BCUT2D eigenvalue weighted by atomic mass is 10.3. The highest BCUT2D eigenvalue weighted by Crippen LogP contribution is 1.98. The Labute approximate surface area is 110 Å². The van der Waals surface area contributed by atoms with Crippen LogP contribution in [0.3, 0.4) is 0 Å². The predicted molar refractivity (Wildman–Crippen MR) is 70.9 cm³/mol. The largest absolute Gasteiger partial charge is 0.480 e. The predicted octanol–water partition coefficient (Wildman–Crippen LogP) is 0.426. The Morgan fingerprint density at radius 2 is 2.17 bits per heavy atom. The van der Waals surface area contributed by atoms with Crippen LogP contribution in [0.4, 0.5) is 4.79 Å². The Hall–Kier alpha value is -1.37. The van der Waals surface area contributed by atoms with Crippen molar-refractivity contribution in [2.45, 2.75) is 18.6 Å². The molecule has 0 aliphatic heterocycles. The second kappa shape index (κ2) is 8.68. The van der Waals surface area contributed by atoms with Crippen molar-refractivity contribution in [3.8, 4) is 0 Å². The van der Waals surface area contributed by atoms with Gasteiger partial charge in [-0.2, -0.15) is 0 Å². The molecule has 104 valence electrons. The van der Waals surface area contributed by atoms with Gasteiger partial charge in [-0.25, -0.2) is 4.79 Å². The van der Waals surface area contributed by atoms with Crippen molar-refractivity contribution in [2.24, 2.45) is 0 Å². The monoisotopic (exact) mass is 276 g/mol. The smallest absolute Gasteiger partial charge is 0.323 e. The fraction of sp³-hybridized carbons (Fsp3) is 0.636. The van der Waals surface area contributed by atoms with Gasteiger partial charge in [0.15, 0.2) is 0 Å². The molecule has 0 aliphatic rings. The van der Waals surface area contributed by atoms with Gasteiger partial charge in [-0.3, -0.25) is 9.00 Å². The van der Waals surface area contributed by atoms with Crippen LogP contribution in [0.2, 0.25) is 0 Å². The number of urea groups is 1. The molecule has 0 saturated carbocycles. The molecular weight excluding hydrogens is 256 g/mol. The summed E-state index contributed by atoms with van der Waals surface area (Å²) in [5.74, 6) is -1.07. The number of carboxylic acid groups (broad SMARTS) is 1. The average molecular weight is 276 g/mol. The first-order valence-corrected chi connectivity index (χ1v) is 7.18. The third-order valence-corrected chi connectivity index (χ3v) is 3.73. The van der Waals surface area contributed by atoms with Gasteiger partial charge in [-0.1, -0.05) is 13.0 Å². The molecule has 2 atom stereocenters. The molecule has 2 N–H and O–H groups in total. The molecule has 2 amide bonds. The Kier molecular flexibility index (Phi) is 8.02. The summed E-state index contributed by atoms with van der Waals surface area (Å²) < 4.78 is 11.1. The standard InChI is InChI=1S/C11H20N2O4S/c1-4-7-13(8-10(14)15)11(16)12-6-5-9(2)18(3)17/h4,9H,1,5-8H2,2-3H3,(H,12,16)(H,14,15). The molecule has 0 saturated heterocycles. The molecule has 0 aromatic rings. The van der Waals surface area contributed by atoms with Crippen molar-refractivity contribution in [3.05, 3.63) is 12.7 Å². The van der Waals surface area contributed by atoms with Crippen molar-refractivity contribution in [3.63, 3.8) is 0 Å². The Morgan fingerprint density at radius 3 is 2.61 bits per heavy atom. The molecular formula is C11H20N2O4S. The van der Waals surface area contributed by atoms with Gasteiger partial charge in [0.1, 0.15) is 6.54 Å². The van der Waals surface area contributed by atoms with Gasteiger partial charge >= 0.3 is 12.0 Å². The van der Waals surface area contributed by atoms with Gasteiger partial charge in [-0.15, -0.1) is 6.58 Å². The summed E-state index contributed by atoms with van der Waals surface area (Å²) >= 11 is 0. The number of nitrogens with one attached hydrogen (secondary N) is 1. The first kappa shape index (κ1) is 16.6. The molecule has 0 aliphatic carbocycles. The first-order valence-electron chi connectivity index (χ1n) is 5.56. The van der Waals surface area contributed by atoms with E-state index in [1.807, 2.05) is 6.92 Å². The molecule has 0 aromatic heterocycles. The summed E-state index contributed by atoms with van der Waals surface area (Å²) in [6.45, 7) is 5.48. The lowest BCUT2D eigenvalue weighted by molar-refractivity contribution is -0.137. The molecule has 0 heterocycles. The van der Waals surface area contributed by atoms with E-state index in [2.05, 4.69) is 11.9 Å². The highest BCUT2D eigenvalue weighted by molar-refractivity contribution is 7.84. The summed E-state index contributed by atoms with van der Waals surface area (Å²) in [6.07, 6.45) is 3.66. The van der Waals surface area contributed by atoms with Crippen LogP contribution in [0, 0.1) is 0 Å². The van der Waals surface area contributed by atoms with Crippen LogP contribution >= 0.6 is 0 Å². The fourth-order valence-corrected chi connectivity index (χ4v) is 1.65. The Balaban J connectivity index is 4.13. The number of hydrogen-bond donors (Lipinski definition) is 2. The van der Waals surface area contributed by atoms with Gasteiger partial charge in [0.2, 0.25) is 0 Å². The Bertz CT molecular complexity index is 333. The Morgan fingerprint density at radius 1 is 1.56 bits per heavy atom. The number of carboxylic acids is 1. The molecule has 7 heteroatoms. The maximum atomic E-state index is 11.6. The van der Waals surface area contributed by atoms with E-state index >= 15 is 0 Å². The molecule has 0 fully saturated rings. The minimum atomic E-state index is -1.07. The van der Waals surface area contributed by atoms with Gasteiger partial charge in [0.05, 0.1) is 0 Å². The summed E-state index contributed by atoms with van der Waals surface area (Å²) in [6, 6.07) is -0.452. The van der Waals surface area contributed by atoms with E-state index < -0.39 is 22.8 Å². The van der Waals surface area contributed by atoms with E-state index in [1.165, 1.54) is 6.08 Å². The normalized spacial score (nSPS) is 13.4. The number of nitrogens with zero attached hydrogens (tertiary/aromatic N) is 1. The lowest BCUT2D eigenvalue weighted by Gasteiger charge is -2.19. The van der Waals surface area contributed by atoms with Crippen LogP contribution in [-0.4, -0.2) is 57.4 Å². The van der Waals surface area contributed by atoms with E-state index in [0.717, 1.165) is 4.90 Å². The van der Waals surface area contributed by atoms with Gasteiger partial charge in [0, 0.05) is 35.4 Å². The zero-order chi connectivity index (χ0) is 14.1. The van der Waals surface area contributed by atoms with Crippen LogP contribution in [0.25, 0.3) is 0 Å². The van der Waals surface area contributed by atoms with E-state index in [0.29, 0.717) is 13.0 Å². The van der Waals surface area contributed by atoms with Gasteiger partial charge in [-0.05, 0) is 6.42 Å². The fourth-order valence-electron chi connectivity index (χ4n) is 1.20. The summed E-state index contributed by atoms with van der Waals surface area (Å²) in [5, 5.41) is 11.2. The number of carbonyl (C=O) groups excluding carboxylic acids is 1. The third kappa shape index (κ3) is 7.05. The number of amides is 2. The zero-order valence-corrected chi connectivity index (χ0v) is 11.5. The second-order valence-corrected chi connectivity index (χ2v) is 5.69. The van der Waals surface area contributed by atoms with Crippen molar-refractivity contribution < 1.29 is 18.9 Å². The average Bonchev–Trinajstić information content (AvgIpc) is 2.27. The van der Waals surface area contributed by atoms with Crippen LogP contribution in [0.5, 0.6) is 0 Å². The molecule has 0 bridgehead atoms. The second-order valence-electron chi connectivity index (χ2n) is 3.89. The quantitative estimate of drug-likeness (QED) is 0.629. The minimum absolute atomic E-state index is 0.00220. The van der Waals surface area contributed by atoms with E-state index in [9.17, 15) is 13.8 Å². The molecule has 0 radical (unpaired) electrons. The molecule has 6 nitrogen and oxygen atoms in total. The highest BCUT2D eigenvalue weighted by atomic mass is 32.2. The zero-order valence-electron chi connectivity index (χ0n) is 10.7. The van der Waals surface area contributed by atoms with Crippen molar-refractivity contribution in [1.29, 1.82) is 0 Å². The number of hydrogen-bond acceptors (Lipinski definition) is 3. The van der Waals surface area contributed by atoms with Crippen molar-refractivity contribution in [1.82, 2.24) is 10.2 Å². The number of aliphatic carboxylic acids is 1. The van der Waals surface area contributed by atoms with Crippen LogP contribution in [0.1, 0.15) is 13.3 Å². The number of carbonyl (C=O) groups is 2. The molecule has 18 heavy (non-hydrogen) atoms. The molecule has 0 rings (SSSR count). The third-order valence-electron chi connectivity index (χ3n) is 2.36. The maximum Gasteiger partial charge on any atom is 0.323 e. The SMILES string of the molecule is C=CCN(CC(=O)O)C(=O)NCCC(C)S(C)=O. The van der Waals surface area contributed by atoms with Gasteiger partial charge < -0.3 is 15.3 Å². The van der Waals surface area contributed by atoms with Crippen LogP contribution in [-0.2, 0) is 15.6 Å². The van der Waals surface area contributed by atoms with E-state index in [4.69, 9.17) is 5.11 Å². The summed E-state index contributed by atoms with van der Waals surface area (Å²) in [5.41, 5.74) is 0. The minimum Gasteiger partial charge on any atom is -0.480 e. The maximum absolute atomic E-state index is 11.6.